The summed E-state index contributed by atoms with van der Waals surface area (Å²) in [5.41, 5.74) is 8.15. The molecule has 0 atom stereocenters. The van der Waals surface area contributed by atoms with Crippen LogP contribution in [0.5, 0.6) is 11.5 Å². The predicted octanol–water partition coefficient (Wildman–Crippen LogP) is 3.68. The molecule has 0 saturated heterocycles. The summed E-state index contributed by atoms with van der Waals surface area (Å²) in [4.78, 5) is 0. The third kappa shape index (κ3) is 3.03. The zero-order valence-corrected chi connectivity index (χ0v) is 11.5. The molecular formula is C14H15ClN2O2. The van der Waals surface area contributed by atoms with Gasteiger partial charge in [0.2, 0.25) is 0 Å². The highest BCUT2D eigenvalue weighted by Gasteiger charge is 2.05. The molecule has 0 aliphatic heterocycles. The van der Waals surface area contributed by atoms with Crippen molar-refractivity contribution in [1.82, 2.24) is 0 Å². The minimum Gasteiger partial charge on any atom is -0.497 e. The highest BCUT2D eigenvalue weighted by molar-refractivity contribution is 6.32. The molecule has 2 rings (SSSR count). The molecule has 2 aromatic carbocycles. The Morgan fingerprint density at radius 1 is 1.05 bits per heavy atom. The average Bonchev–Trinajstić information content (AvgIpc) is 2.43. The molecule has 2 aromatic rings. The molecule has 0 unspecified atom stereocenters. The molecule has 0 aliphatic rings. The summed E-state index contributed by atoms with van der Waals surface area (Å²) in [5.74, 6) is 1.34. The van der Waals surface area contributed by atoms with Crippen LogP contribution in [0.2, 0.25) is 5.02 Å². The second-order valence-electron chi connectivity index (χ2n) is 3.93. The fraction of sp³-hybridized carbons (Fsp3) is 0.143. The van der Waals surface area contributed by atoms with Crippen molar-refractivity contribution < 1.29 is 9.47 Å². The van der Waals surface area contributed by atoms with E-state index in [0.717, 1.165) is 17.1 Å². The Kier molecular flexibility index (Phi) is 4.02. The van der Waals surface area contributed by atoms with E-state index in [4.69, 9.17) is 26.8 Å². The van der Waals surface area contributed by atoms with Crippen molar-refractivity contribution in [1.29, 1.82) is 0 Å². The number of benzene rings is 2. The van der Waals surface area contributed by atoms with Crippen LogP contribution < -0.4 is 20.5 Å². The first kappa shape index (κ1) is 13.4. The van der Waals surface area contributed by atoms with E-state index >= 15 is 0 Å². The normalized spacial score (nSPS) is 10.1. The third-order valence-electron chi connectivity index (χ3n) is 2.69. The summed E-state index contributed by atoms with van der Waals surface area (Å²) < 4.78 is 10.3. The lowest BCUT2D eigenvalue weighted by Crippen LogP contribution is -1.97. The van der Waals surface area contributed by atoms with Crippen LogP contribution in [0.4, 0.5) is 17.1 Å². The minimum atomic E-state index is 0.562. The van der Waals surface area contributed by atoms with Gasteiger partial charge in [0.25, 0.3) is 0 Å². The summed E-state index contributed by atoms with van der Waals surface area (Å²) in [7, 11) is 3.19. The van der Waals surface area contributed by atoms with Gasteiger partial charge in [-0.05, 0) is 24.3 Å². The van der Waals surface area contributed by atoms with E-state index < -0.39 is 0 Å². The van der Waals surface area contributed by atoms with Crippen molar-refractivity contribution in [3.05, 3.63) is 41.4 Å². The fourth-order valence-electron chi connectivity index (χ4n) is 1.66. The molecule has 5 heteroatoms. The van der Waals surface area contributed by atoms with Gasteiger partial charge in [-0.15, -0.1) is 0 Å². The predicted molar refractivity (Wildman–Crippen MR) is 78.7 cm³/mol. The maximum atomic E-state index is 5.98. The summed E-state index contributed by atoms with van der Waals surface area (Å²) in [6.07, 6.45) is 0. The lowest BCUT2D eigenvalue weighted by Gasteiger charge is -2.12. The molecule has 0 radical (unpaired) electrons. The van der Waals surface area contributed by atoms with Crippen LogP contribution in [0.1, 0.15) is 0 Å². The van der Waals surface area contributed by atoms with Gasteiger partial charge < -0.3 is 20.5 Å². The second-order valence-corrected chi connectivity index (χ2v) is 4.33. The van der Waals surface area contributed by atoms with E-state index in [9.17, 15) is 0 Å². The van der Waals surface area contributed by atoms with Crippen molar-refractivity contribution in [2.24, 2.45) is 0 Å². The molecule has 0 aliphatic carbocycles. The van der Waals surface area contributed by atoms with Gasteiger partial charge in [0.15, 0.2) is 0 Å². The first-order valence-corrected chi connectivity index (χ1v) is 6.06. The Morgan fingerprint density at radius 3 is 2.53 bits per heavy atom. The molecular weight excluding hydrogens is 264 g/mol. The van der Waals surface area contributed by atoms with Gasteiger partial charge in [-0.3, -0.25) is 0 Å². The van der Waals surface area contributed by atoms with E-state index in [1.807, 2.05) is 18.2 Å². The first-order chi connectivity index (χ1) is 9.13. The topological polar surface area (TPSA) is 56.5 Å². The highest BCUT2D eigenvalue weighted by Crippen LogP contribution is 2.32. The number of anilines is 3. The van der Waals surface area contributed by atoms with Gasteiger partial charge >= 0.3 is 0 Å². The monoisotopic (exact) mass is 278 g/mol. The number of ether oxygens (including phenoxy) is 2. The van der Waals surface area contributed by atoms with Crippen molar-refractivity contribution >= 4 is 28.7 Å². The Morgan fingerprint density at radius 2 is 1.84 bits per heavy atom. The molecule has 0 fully saturated rings. The SMILES string of the molecule is COc1ccc(N)c(Nc2ccc(Cl)c(OC)c2)c1. The maximum absolute atomic E-state index is 5.98. The summed E-state index contributed by atoms with van der Waals surface area (Å²) >= 11 is 5.98. The molecule has 0 aromatic heterocycles. The molecule has 19 heavy (non-hydrogen) atoms. The van der Waals surface area contributed by atoms with Crippen LogP contribution in [0.25, 0.3) is 0 Å². The summed E-state index contributed by atoms with van der Waals surface area (Å²) in [5, 5.41) is 3.77. The van der Waals surface area contributed by atoms with Crippen LogP contribution in [-0.4, -0.2) is 14.2 Å². The quantitative estimate of drug-likeness (QED) is 0.838. The van der Waals surface area contributed by atoms with Gasteiger partial charge in [0.1, 0.15) is 11.5 Å². The second kappa shape index (κ2) is 5.71. The van der Waals surface area contributed by atoms with Crippen molar-refractivity contribution in [2.45, 2.75) is 0 Å². The van der Waals surface area contributed by atoms with E-state index in [1.165, 1.54) is 0 Å². The van der Waals surface area contributed by atoms with Gasteiger partial charge in [-0.2, -0.15) is 0 Å². The number of nitrogens with one attached hydrogen (secondary N) is 1. The number of methoxy groups -OCH3 is 2. The van der Waals surface area contributed by atoms with Crippen LogP contribution in [0, 0.1) is 0 Å². The largest absolute Gasteiger partial charge is 0.497 e. The molecule has 0 saturated carbocycles. The first-order valence-electron chi connectivity index (χ1n) is 5.68. The number of nitrogen functional groups attached to an aromatic ring is 1. The molecule has 0 heterocycles. The maximum Gasteiger partial charge on any atom is 0.139 e. The number of nitrogens with two attached hydrogens (primary N) is 1. The molecule has 100 valence electrons. The van der Waals surface area contributed by atoms with Crippen LogP contribution >= 0.6 is 11.6 Å². The lowest BCUT2D eigenvalue weighted by molar-refractivity contribution is 0.415. The standard InChI is InChI=1S/C14H15ClN2O2/c1-18-10-4-6-12(16)13(8-10)17-9-3-5-11(15)14(7-9)19-2/h3-8,17H,16H2,1-2H3. The fourth-order valence-corrected chi connectivity index (χ4v) is 1.86. The summed E-state index contributed by atoms with van der Waals surface area (Å²) in [6.45, 7) is 0. The van der Waals surface area contributed by atoms with Crippen molar-refractivity contribution in [3.8, 4) is 11.5 Å². The van der Waals surface area contributed by atoms with Crippen molar-refractivity contribution in [3.63, 3.8) is 0 Å². The Labute approximate surface area is 117 Å². The lowest BCUT2D eigenvalue weighted by atomic mass is 10.2. The number of halogens is 1. The van der Waals surface area contributed by atoms with Gasteiger partial charge in [0.05, 0.1) is 30.6 Å². The zero-order valence-electron chi connectivity index (χ0n) is 10.7. The van der Waals surface area contributed by atoms with E-state index in [-0.39, 0.29) is 0 Å². The van der Waals surface area contributed by atoms with Crippen LogP contribution in [-0.2, 0) is 0 Å². The average molecular weight is 279 g/mol. The zero-order chi connectivity index (χ0) is 13.8. The molecule has 3 N–H and O–H groups in total. The van der Waals surface area contributed by atoms with Crippen LogP contribution in [0.3, 0.4) is 0 Å². The molecule has 0 bridgehead atoms. The minimum absolute atomic E-state index is 0.562. The highest BCUT2D eigenvalue weighted by atomic mass is 35.5. The Hall–Kier alpha value is -2.07. The van der Waals surface area contributed by atoms with E-state index in [2.05, 4.69) is 5.32 Å². The molecule has 4 nitrogen and oxygen atoms in total. The smallest absolute Gasteiger partial charge is 0.139 e. The number of hydrogen-bond acceptors (Lipinski definition) is 4. The van der Waals surface area contributed by atoms with Gasteiger partial charge in [0, 0.05) is 17.8 Å². The number of rotatable bonds is 4. The van der Waals surface area contributed by atoms with E-state index in [0.29, 0.717) is 16.5 Å². The van der Waals surface area contributed by atoms with Gasteiger partial charge in [-0.1, -0.05) is 11.6 Å². The van der Waals surface area contributed by atoms with Crippen LogP contribution in [0.15, 0.2) is 36.4 Å². The number of hydrogen-bond donors (Lipinski definition) is 2. The third-order valence-corrected chi connectivity index (χ3v) is 3.00. The molecule has 0 amide bonds. The molecule has 0 spiro atoms. The summed E-state index contributed by atoms with van der Waals surface area (Å²) in [6, 6.07) is 10.8. The Bertz CT molecular complexity index is 588. The van der Waals surface area contributed by atoms with Gasteiger partial charge in [-0.25, -0.2) is 0 Å². The van der Waals surface area contributed by atoms with E-state index in [1.54, 1.807) is 32.4 Å². The van der Waals surface area contributed by atoms with Crippen molar-refractivity contribution in [2.75, 3.05) is 25.3 Å². The Balaban J connectivity index is 2.30.